The average molecular weight is 364 g/mol. The Bertz CT molecular complexity index is 611. The van der Waals surface area contributed by atoms with Gasteiger partial charge in [0.2, 0.25) is 0 Å². The summed E-state index contributed by atoms with van der Waals surface area (Å²) in [4.78, 5) is 0. The molecule has 0 amide bonds. The lowest BCUT2D eigenvalue weighted by Crippen LogP contribution is -2.12. The maximum Gasteiger partial charge on any atom is 0.162 e. The van der Waals surface area contributed by atoms with E-state index < -0.39 is 0 Å². The molecule has 2 aromatic rings. The SMILES string of the molecule is CCNCc1cc(OC)c(OCc2ccc(C)cc2)cc1Br. The van der Waals surface area contributed by atoms with Crippen LogP contribution < -0.4 is 14.8 Å². The number of nitrogens with one attached hydrogen (secondary N) is 1. The highest BCUT2D eigenvalue weighted by Gasteiger charge is 2.10. The van der Waals surface area contributed by atoms with Gasteiger partial charge in [0, 0.05) is 11.0 Å². The molecule has 1 N–H and O–H groups in total. The van der Waals surface area contributed by atoms with Gasteiger partial charge in [-0.25, -0.2) is 0 Å². The maximum atomic E-state index is 5.92. The molecule has 0 aliphatic heterocycles. The van der Waals surface area contributed by atoms with Crippen LogP contribution in [-0.2, 0) is 13.2 Å². The summed E-state index contributed by atoms with van der Waals surface area (Å²) >= 11 is 3.60. The molecule has 118 valence electrons. The van der Waals surface area contributed by atoms with Crippen molar-refractivity contribution in [3.63, 3.8) is 0 Å². The number of methoxy groups -OCH3 is 1. The summed E-state index contributed by atoms with van der Waals surface area (Å²) in [6, 6.07) is 12.3. The van der Waals surface area contributed by atoms with Gasteiger partial charge in [-0.05, 0) is 36.7 Å². The van der Waals surface area contributed by atoms with Crippen molar-refractivity contribution in [2.75, 3.05) is 13.7 Å². The van der Waals surface area contributed by atoms with E-state index in [-0.39, 0.29) is 0 Å². The molecule has 0 unspecified atom stereocenters. The van der Waals surface area contributed by atoms with Crippen molar-refractivity contribution in [2.45, 2.75) is 27.0 Å². The second-order valence-electron chi connectivity index (χ2n) is 5.15. The standard InChI is InChI=1S/C18H22BrNO2/c1-4-20-11-15-9-17(21-3)18(10-16(15)19)22-12-14-7-5-13(2)6-8-14/h5-10,20H,4,11-12H2,1-3H3. The van der Waals surface area contributed by atoms with Crippen molar-refractivity contribution in [2.24, 2.45) is 0 Å². The summed E-state index contributed by atoms with van der Waals surface area (Å²) in [5.74, 6) is 1.50. The lowest BCUT2D eigenvalue weighted by molar-refractivity contribution is 0.284. The normalized spacial score (nSPS) is 10.5. The van der Waals surface area contributed by atoms with Crippen LogP contribution in [0.5, 0.6) is 11.5 Å². The van der Waals surface area contributed by atoms with Crippen LogP contribution in [0.2, 0.25) is 0 Å². The summed E-state index contributed by atoms with van der Waals surface area (Å²) in [6.45, 7) is 6.42. The highest BCUT2D eigenvalue weighted by atomic mass is 79.9. The first-order chi connectivity index (χ1) is 10.6. The Labute approximate surface area is 140 Å². The van der Waals surface area contributed by atoms with Gasteiger partial charge < -0.3 is 14.8 Å². The molecule has 0 fully saturated rings. The van der Waals surface area contributed by atoms with Crippen LogP contribution >= 0.6 is 15.9 Å². The van der Waals surface area contributed by atoms with E-state index >= 15 is 0 Å². The third-order valence-corrected chi connectivity index (χ3v) is 4.15. The molecular formula is C18H22BrNO2. The predicted molar refractivity (Wildman–Crippen MR) is 93.6 cm³/mol. The lowest BCUT2D eigenvalue weighted by Gasteiger charge is -2.14. The smallest absolute Gasteiger partial charge is 0.162 e. The first kappa shape index (κ1) is 16.8. The molecule has 0 bridgehead atoms. The minimum absolute atomic E-state index is 0.523. The number of rotatable bonds is 7. The summed E-state index contributed by atoms with van der Waals surface area (Å²) in [6.07, 6.45) is 0. The second-order valence-corrected chi connectivity index (χ2v) is 6.00. The molecule has 2 aromatic carbocycles. The van der Waals surface area contributed by atoms with Gasteiger partial charge in [-0.15, -0.1) is 0 Å². The Kier molecular flexibility index (Phi) is 6.28. The van der Waals surface area contributed by atoms with Crippen molar-refractivity contribution >= 4 is 15.9 Å². The van der Waals surface area contributed by atoms with Gasteiger partial charge in [-0.1, -0.05) is 52.7 Å². The van der Waals surface area contributed by atoms with E-state index in [1.807, 2.05) is 12.1 Å². The molecule has 3 nitrogen and oxygen atoms in total. The Morgan fingerprint density at radius 3 is 2.45 bits per heavy atom. The zero-order chi connectivity index (χ0) is 15.9. The van der Waals surface area contributed by atoms with Crippen molar-refractivity contribution in [3.8, 4) is 11.5 Å². The minimum atomic E-state index is 0.523. The van der Waals surface area contributed by atoms with E-state index in [0.29, 0.717) is 6.61 Å². The van der Waals surface area contributed by atoms with E-state index in [2.05, 4.69) is 59.4 Å². The topological polar surface area (TPSA) is 30.5 Å². The van der Waals surface area contributed by atoms with Gasteiger partial charge in [0.1, 0.15) is 6.61 Å². The number of hydrogen-bond donors (Lipinski definition) is 1. The number of ether oxygens (including phenoxy) is 2. The molecule has 0 radical (unpaired) electrons. The first-order valence-corrected chi connectivity index (χ1v) is 8.18. The van der Waals surface area contributed by atoms with Gasteiger partial charge >= 0.3 is 0 Å². The van der Waals surface area contributed by atoms with Gasteiger partial charge in [-0.2, -0.15) is 0 Å². The molecule has 0 aliphatic rings. The number of hydrogen-bond acceptors (Lipinski definition) is 3. The Balaban J connectivity index is 2.12. The van der Waals surface area contributed by atoms with E-state index in [0.717, 1.165) is 40.2 Å². The molecule has 0 saturated heterocycles. The molecule has 0 heterocycles. The Hall–Kier alpha value is -1.52. The number of aryl methyl sites for hydroxylation is 1. The second kappa shape index (κ2) is 8.20. The van der Waals surface area contributed by atoms with Crippen molar-refractivity contribution in [3.05, 3.63) is 57.6 Å². The van der Waals surface area contributed by atoms with Gasteiger partial charge in [0.05, 0.1) is 7.11 Å². The number of benzene rings is 2. The minimum Gasteiger partial charge on any atom is -0.493 e. The molecule has 0 aliphatic carbocycles. The fourth-order valence-electron chi connectivity index (χ4n) is 2.09. The summed E-state index contributed by atoms with van der Waals surface area (Å²) in [5, 5.41) is 3.31. The van der Waals surface area contributed by atoms with Gasteiger partial charge in [-0.3, -0.25) is 0 Å². The summed E-state index contributed by atoms with van der Waals surface area (Å²) in [5.41, 5.74) is 3.54. The maximum absolute atomic E-state index is 5.92. The van der Waals surface area contributed by atoms with E-state index in [1.54, 1.807) is 7.11 Å². The monoisotopic (exact) mass is 363 g/mol. The van der Waals surface area contributed by atoms with E-state index in [1.165, 1.54) is 5.56 Å². The van der Waals surface area contributed by atoms with Gasteiger partial charge in [0.15, 0.2) is 11.5 Å². The quantitative estimate of drug-likeness (QED) is 0.787. The van der Waals surface area contributed by atoms with Crippen LogP contribution in [0, 0.1) is 6.92 Å². The van der Waals surface area contributed by atoms with Gasteiger partial charge in [0.25, 0.3) is 0 Å². The van der Waals surface area contributed by atoms with Crippen molar-refractivity contribution in [1.82, 2.24) is 5.32 Å². The van der Waals surface area contributed by atoms with Crippen LogP contribution in [-0.4, -0.2) is 13.7 Å². The molecule has 0 atom stereocenters. The van der Waals surface area contributed by atoms with Crippen LogP contribution in [0.4, 0.5) is 0 Å². The lowest BCUT2D eigenvalue weighted by atomic mass is 10.1. The van der Waals surface area contributed by atoms with Crippen LogP contribution in [0.25, 0.3) is 0 Å². The van der Waals surface area contributed by atoms with Crippen molar-refractivity contribution < 1.29 is 9.47 Å². The van der Waals surface area contributed by atoms with E-state index in [9.17, 15) is 0 Å². The highest BCUT2D eigenvalue weighted by molar-refractivity contribution is 9.10. The zero-order valence-corrected chi connectivity index (χ0v) is 14.9. The molecule has 0 aromatic heterocycles. The average Bonchev–Trinajstić information content (AvgIpc) is 2.53. The fourth-order valence-corrected chi connectivity index (χ4v) is 2.55. The van der Waals surface area contributed by atoms with Crippen molar-refractivity contribution in [1.29, 1.82) is 0 Å². The number of halogens is 1. The molecule has 0 spiro atoms. The van der Waals surface area contributed by atoms with E-state index in [4.69, 9.17) is 9.47 Å². The van der Waals surface area contributed by atoms with Crippen LogP contribution in [0.3, 0.4) is 0 Å². The zero-order valence-electron chi connectivity index (χ0n) is 13.3. The third kappa shape index (κ3) is 4.49. The molecule has 22 heavy (non-hydrogen) atoms. The third-order valence-electron chi connectivity index (χ3n) is 3.41. The molecule has 4 heteroatoms. The Morgan fingerprint density at radius 2 is 1.82 bits per heavy atom. The molecule has 2 rings (SSSR count). The first-order valence-electron chi connectivity index (χ1n) is 7.39. The Morgan fingerprint density at radius 1 is 1.09 bits per heavy atom. The summed E-state index contributed by atoms with van der Waals surface area (Å²) < 4.78 is 12.4. The predicted octanol–water partition coefficient (Wildman–Crippen LogP) is 4.45. The van der Waals surface area contributed by atoms with Crippen LogP contribution in [0.15, 0.2) is 40.9 Å². The fraction of sp³-hybridized carbons (Fsp3) is 0.333. The molecule has 0 saturated carbocycles. The van der Waals surface area contributed by atoms with Crippen LogP contribution in [0.1, 0.15) is 23.6 Å². The highest BCUT2D eigenvalue weighted by Crippen LogP contribution is 2.34. The molecular weight excluding hydrogens is 342 g/mol. The largest absolute Gasteiger partial charge is 0.493 e. The summed E-state index contributed by atoms with van der Waals surface area (Å²) in [7, 11) is 1.67.